The molecule has 0 saturated heterocycles. The van der Waals surface area contributed by atoms with Crippen molar-refractivity contribution < 1.29 is 8.98 Å². The maximum absolute atomic E-state index is 6.57. The summed E-state index contributed by atoms with van der Waals surface area (Å²) in [6.07, 6.45) is 2.24. The van der Waals surface area contributed by atoms with Crippen molar-refractivity contribution >= 4 is 51.2 Å². The molecule has 0 aliphatic carbocycles. The van der Waals surface area contributed by atoms with Crippen LogP contribution in [0.1, 0.15) is 16.7 Å². The molecule has 3 heteroatoms. The number of hydrogen-bond donors (Lipinski definition) is 0. The Labute approximate surface area is 212 Å². The van der Waals surface area contributed by atoms with Crippen molar-refractivity contribution in [3.8, 4) is 22.4 Å². The minimum atomic E-state index is -1.86. The van der Waals surface area contributed by atoms with E-state index >= 15 is 0 Å². The van der Waals surface area contributed by atoms with Gasteiger partial charge in [-0.15, -0.1) is 0 Å². The van der Waals surface area contributed by atoms with Crippen molar-refractivity contribution in [2.24, 2.45) is 7.05 Å². The predicted octanol–water partition coefficient (Wildman–Crippen LogP) is 6.96. The lowest BCUT2D eigenvalue weighted by atomic mass is 9.93. The van der Waals surface area contributed by atoms with Crippen LogP contribution in [-0.4, -0.2) is 8.07 Å². The molecule has 1 aliphatic rings. The summed E-state index contributed by atoms with van der Waals surface area (Å²) in [5.41, 5.74) is 11.1. The first kappa shape index (κ1) is 21.6. The van der Waals surface area contributed by atoms with E-state index in [0.717, 1.165) is 11.2 Å². The molecule has 3 heterocycles. The molecule has 1 aliphatic heterocycles. The smallest absolute Gasteiger partial charge is 0.224 e. The number of pyridine rings is 1. The number of nitrogens with zero attached hydrogens (tertiary/aromatic N) is 1. The van der Waals surface area contributed by atoms with Crippen LogP contribution in [0, 0.1) is 20.8 Å². The molecule has 0 radical (unpaired) electrons. The van der Waals surface area contributed by atoms with Gasteiger partial charge in [-0.2, -0.15) is 0 Å². The van der Waals surface area contributed by atoms with Crippen LogP contribution < -0.4 is 14.9 Å². The first-order chi connectivity index (χ1) is 17.3. The van der Waals surface area contributed by atoms with Crippen molar-refractivity contribution in [1.29, 1.82) is 0 Å². The second-order valence-electron chi connectivity index (χ2n) is 11.1. The van der Waals surface area contributed by atoms with Crippen LogP contribution in [0.4, 0.5) is 0 Å². The van der Waals surface area contributed by atoms with E-state index in [4.69, 9.17) is 4.42 Å². The van der Waals surface area contributed by atoms with Gasteiger partial charge < -0.3 is 4.42 Å². The fourth-order valence-electron chi connectivity index (χ4n) is 6.58. The SMILES string of the molecule is Cc1ccc2c(c1)[Si](C)(C)c1c-2ccc2c(-c3c(C)c(C)cc4c3oc3ccccc34)[n+](C)ccc12. The highest BCUT2D eigenvalue weighted by Gasteiger charge is 2.40. The van der Waals surface area contributed by atoms with Gasteiger partial charge in [-0.1, -0.05) is 61.1 Å². The van der Waals surface area contributed by atoms with E-state index in [2.05, 4.69) is 118 Å². The Hall–Kier alpha value is -3.69. The summed E-state index contributed by atoms with van der Waals surface area (Å²) in [5, 5.41) is 8.19. The monoisotopic (exact) mass is 484 g/mol. The van der Waals surface area contributed by atoms with E-state index in [0.29, 0.717) is 0 Å². The topological polar surface area (TPSA) is 17.0 Å². The molecule has 0 N–H and O–H groups in total. The zero-order valence-corrected chi connectivity index (χ0v) is 22.8. The van der Waals surface area contributed by atoms with Gasteiger partial charge in [0.15, 0.2) is 6.20 Å². The van der Waals surface area contributed by atoms with Gasteiger partial charge in [0.25, 0.3) is 0 Å². The summed E-state index contributed by atoms with van der Waals surface area (Å²) in [6, 6.07) is 24.8. The van der Waals surface area contributed by atoms with Crippen molar-refractivity contribution in [1.82, 2.24) is 0 Å². The van der Waals surface area contributed by atoms with Gasteiger partial charge >= 0.3 is 0 Å². The minimum Gasteiger partial charge on any atom is -0.455 e. The standard InChI is InChI=1S/C33H30NOSi/c1-19-11-12-23-25-14-13-24-26(33(25)36(5,6)29(23)17-19)15-16-34(4)31(24)30-21(3)20(2)18-27-22-9-7-8-10-28(22)35-32(27)30/h7-18H,1-6H3/q+1. The summed E-state index contributed by atoms with van der Waals surface area (Å²) >= 11 is 0. The van der Waals surface area contributed by atoms with Crippen LogP contribution in [0.25, 0.3) is 55.1 Å². The van der Waals surface area contributed by atoms with Gasteiger partial charge in [-0.05, 0) is 77.0 Å². The third-order valence-corrected chi connectivity index (χ3v) is 12.1. The number of para-hydroxylation sites is 1. The fraction of sp³-hybridized carbons (Fsp3) is 0.182. The van der Waals surface area contributed by atoms with Crippen molar-refractivity contribution in [3.05, 3.63) is 89.6 Å². The first-order valence-electron chi connectivity index (χ1n) is 12.8. The Morgan fingerprint density at radius 2 is 1.53 bits per heavy atom. The number of fused-ring (bicyclic) bond motifs is 8. The minimum absolute atomic E-state index is 0.946. The lowest BCUT2D eigenvalue weighted by molar-refractivity contribution is -0.659. The van der Waals surface area contributed by atoms with Crippen molar-refractivity contribution in [3.63, 3.8) is 0 Å². The second kappa shape index (κ2) is 7.17. The third-order valence-electron chi connectivity index (χ3n) is 8.51. The summed E-state index contributed by atoms with van der Waals surface area (Å²) in [7, 11) is 0.310. The number of aromatic nitrogens is 1. The molecule has 2 aromatic heterocycles. The van der Waals surface area contributed by atoms with Gasteiger partial charge in [-0.25, -0.2) is 4.57 Å². The van der Waals surface area contributed by atoms with E-state index < -0.39 is 8.07 Å². The third kappa shape index (κ3) is 2.69. The molecule has 0 fully saturated rings. The Balaban J connectivity index is 1.62. The molecule has 0 spiro atoms. The molecule has 36 heavy (non-hydrogen) atoms. The zero-order valence-electron chi connectivity index (χ0n) is 21.8. The fourth-order valence-corrected chi connectivity index (χ4v) is 10.1. The highest BCUT2D eigenvalue weighted by molar-refractivity contribution is 7.05. The van der Waals surface area contributed by atoms with Crippen LogP contribution in [0.15, 0.2) is 77.3 Å². The van der Waals surface area contributed by atoms with Crippen LogP contribution in [-0.2, 0) is 7.05 Å². The lowest BCUT2D eigenvalue weighted by Crippen LogP contribution is -2.49. The zero-order chi connectivity index (χ0) is 24.9. The average molecular weight is 485 g/mol. The molecular formula is C33H30NOSi+. The van der Waals surface area contributed by atoms with Crippen LogP contribution in [0.3, 0.4) is 0 Å². The Kier molecular flexibility index (Phi) is 4.30. The van der Waals surface area contributed by atoms with Crippen molar-refractivity contribution in [2.75, 3.05) is 0 Å². The van der Waals surface area contributed by atoms with Gasteiger partial charge in [0, 0.05) is 16.8 Å². The molecular weight excluding hydrogens is 454 g/mol. The Morgan fingerprint density at radius 3 is 2.36 bits per heavy atom. The molecule has 7 rings (SSSR count). The molecule has 0 unspecified atom stereocenters. The molecule has 2 nitrogen and oxygen atoms in total. The maximum atomic E-state index is 6.57. The van der Waals surface area contributed by atoms with Gasteiger partial charge in [-0.3, -0.25) is 0 Å². The highest BCUT2D eigenvalue weighted by atomic mass is 28.3. The Bertz CT molecular complexity index is 1910. The van der Waals surface area contributed by atoms with Crippen LogP contribution >= 0.6 is 0 Å². The largest absolute Gasteiger partial charge is 0.455 e. The molecule has 176 valence electrons. The van der Waals surface area contributed by atoms with E-state index in [-0.39, 0.29) is 0 Å². The van der Waals surface area contributed by atoms with Gasteiger partial charge in [0.2, 0.25) is 5.69 Å². The molecule has 4 aromatic carbocycles. The maximum Gasteiger partial charge on any atom is 0.224 e. The quantitative estimate of drug-likeness (QED) is 0.182. The predicted molar refractivity (Wildman–Crippen MR) is 154 cm³/mol. The molecule has 0 amide bonds. The Morgan fingerprint density at radius 1 is 0.750 bits per heavy atom. The molecule has 6 aromatic rings. The number of rotatable bonds is 1. The van der Waals surface area contributed by atoms with E-state index in [9.17, 15) is 0 Å². The lowest BCUT2D eigenvalue weighted by Gasteiger charge is -2.21. The molecule has 0 saturated carbocycles. The highest BCUT2D eigenvalue weighted by Crippen LogP contribution is 2.41. The second-order valence-corrected chi connectivity index (χ2v) is 15.4. The van der Waals surface area contributed by atoms with E-state index in [1.807, 2.05) is 0 Å². The normalized spacial score (nSPS) is 14.1. The summed E-state index contributed by atoms with van der Waals surface area (Å²) in [4.78, 5) is 0. The van der Waals surface area contributed by atoms with Gasteiger partial charge in [0.1, 0.15) is 26.3 Å². The van der Waals surface area contributed by atoms with Crippen LogP contribution in [0.5, 0.6) is 0 Å². The van der Waals surface area contributed by atoms with Gasteiger partial charge in [0.05, 0.1) is 10.9 Å². The first-order valence-corrected chi connectivity index (χ1v) is 15.8. The molecule has 0 bridgehead atoms. The van der Waals surface area contributed by atoms with Crippen molar-refractivity contribution in [2.45, 2.75) is 33.9 Å². The van der Waals surface area contributed by atoms with Crippen LogP contribution in [0.2, 0.25) is 13.1 Å². The number of benzene rings is 4. The number of aryl methyl sites for hydroxylation is 3. The number of hydrogen-bond acceptors (Lipinski definition) is 1. The summed E-state index contributed by atoms with van der Waals surface area (Å²) < 4.78 is 8.85. The summed E-state index contributed by atoms with van der Waals surface area (Å²) in [6.45, 7) is 11.7. The average Bonchev–Trinajstić information content (AvgIpc) is 3.33. The summed E-state index contributed by atoms with van der Waals surface area (Å²) in [5.74, 6) is 0. The van der Waals surface area contributed by atoms with E-state index in [1.165, 1.54) is 60.6 Å². The van der Waals surface area contributed by atoms with E-state index in [1.54, 1.807) is 10.4 Å². The number of furan rings is 1. The molecule has 0 atom stereocenters.